The second-order valence-electron chi connectivity index (χ2n) is 5.28. The molecule has 0 aliphatic rings. The minimum absolute atomic E-state index is 0.133. The molecule has 1 aromatic carbocycles. The van der Waals surface area contributed by atoms with Crippen molar-refractivity contribution in [2.45, 2.75) is 20.8 Å². The van der Waals surface area contributed by atoms with Gasteiger partial charge in [0.1, 0.15) is 0 Å². The van der Waals surface area contributed by atoms with E-state index in [2.05, 4.69) is 29.4 Å². The van der Waals surface area contributed by atoms with Crippen molar-refractivity contribution in [3.8, 4) is 0 Å². The van der Waals surface area contributed by atoms with Crippen LogP contribution in [-0.4, -0.2) is 37.0 Å². The van der Waals surface area contributed by atoms with E-state index in [1.54, 1.807) is 12.3 Å². The van der Waals surface area contributed by atoms with Crippen LogP contribution < -0.4 is 10.6 Å². The van der Waals surface area contributed by atoms with Gasteiger partial charge in [-0.2, -0.15) is 0 Å². The van der Waals surface area contributed by atoms with E-state index in [0.717, 1.165) is 37.3 Å². The molecule has 1 aromatic heterocycles. The van der Waals surface area contributed by atoms with E-state index in [1.807, 2.05) is 12.1 Å². The number of anilines is 2. The van der Waals surface area contributed by atoms with E-state index < -0.39 is 0 Å². The maximum atomic E-state index is 11.4. The number of carbonyl (C=O) groups is 1. The molecule has 6 heteroatoms. The molecule has 2 rings (SSSR count). The number of carbonyl (C=O) groups excluding carboxylic acids is 1. The zero-order valence-corrected chi connectivity index (χ0v) is 14.6. The van der Waals surface area contributed by atoms with Crippen LogP contribution in [0.25, 0.3) is 11.0 Å². The molecule has 0 bridgehead atoms. The van der Waals surface area contributed by atoms with E-state index in [-0.39, 0.29) is 5.91 Å². The number of hydrogen-bond acceptors (Lipinski definition) is 5. The number of likely N-dealkylation sites (N-methyl/N-ethyl adjacent to an activating group) is 1. The third-order valence-electron chi connectivity index (χ3n) is 3.76. The van der Waals surface area contributed by atoms with Crippen LogP contribution in [-0.2, 0) is 4.79 Å². The smallest absolute Gasteiger partial charge is 0.221 e. The molecule has 0 unspecified atom stereocenters. The molecule has 23 heavy (non-hydrogen) atoms. The normalized spacial score (nSPS) is 11.0. The maximum Gasteiger partial charge on any atom is 0.221 e. The molecule has 0 aliphatic heterocycles. The standard InChI is InChI=1S/C17H23N3O2S/c1-4-20(5-2)10-9-18-14-7-6-13(19-12(3)21)16-15(23)8-11-22-17(14)16/h6-8,11,18H,4-5,9-10H2,1-3H3,(H,19,21). The number of hydrogen-bond donors (Lipinski definition) is 2. The second kappa shape index (κ2) is 8.08. The molecule has 2 N–H and O–H groups in total. The van der Waals surface area contributed by atoms with Gasteiger partial charge >= 0.3 is 0 Å². The average molecular weight is 333 g/mol. The van der Waals surface area contributed by atoms with Crippen molar-refractivity contribution in [1.29, 1.82) is 0 Å². The van der Waals surface area contributed by atoms with Gasteiger partial charge in [-0.15, -0.1) is 0 Å². The van der Waals surface area contributed by atoms with Crippen LogP contribution in [0, 0.1) is 4.51 Å². The summed E-state index contributed by atoms with van der Waals surface area (Å²) in [6.45, 7) is 9.61. The van der Waals surface area contributed by atoms with Gasteiger partial charge in [0.25, 0.3) is 0 Å². The molecule has 0 fully saturated rings. The summed E-state index contributed by atoms with van der Waals surface area (Å²) >= 11 is 5.40. The Morgan fingerprint density at radius 1 is 1.22 bits per heavy atom. The van der Waals surface area contributed by atoms with Gasteiger partial charge in [-0.05, 0) is 31.3 Å². The predicted molar refractivity (Wildman–Crippen MR) is 97.6 cm³/mol. The van der Waals surface area contributed by atoms with Crippen molar-refractivity contribution in [2.75, 3.05) is 36.8 Å². The van der Waals surface area contributed by atoms with Crippen LogP contribution in [0.2, 0.25) is 0 Å². The van der Waals surface area contributed by atoms with Gasteiger partial charge < -0.3 is 20.0 Å². The van der Waals surface area contributed by atoms with Crippen molar-refractivity contribution < 1.29 is 9.21 Å². The molecular formula is C17H23N3O2S. The summed E-state index contributed by atoms with van der Waals surface area (Å²) in [5.74, 6) is -0.133. The Morgan fingerprint density at radius 2 is 1.91 bits per heavy atom. The number of nitrogens with one attached hydrogen (secondary N) is 2. The summed E-state index contributed by atoms with van der Waals surface area (Å²) in [5.41, 5.74) is 2.23. The van der Waals surface area contributed by atoms with Crippen molar-refractivity contribution in [2.24, 2.45) is 0 Å². The summed E-state index contributed by atoms with van der Waals surface area (Å²) < 4.78 is 6.32. The van der Waals surface area contributed by atoms with Crippen molar-refractivity contribution in [1.82, 2.24) is 4.90 Å². The number of fused-ring (bicyclic) bond motifs is 1. The van der Waals surface area contributed by atoms with Crippen LogP contribution in [0.3, 0.4) is 0 Å². The fourth-order valence-corrected chi connectivity index (χ4v) is 2.78. The topological polar surface area (TPSA) is 57.5 Å². The number of rotatable bonds is 7. The van der Waals surface area contributed by atoms with Gasteiger partial charge in [0.2, 0.25) is 5.91 Å². The minimum atomic E-state index is -0.133. The summed E-state index contributed by atoms with van der Waals surface area (Å²) in [6.07, 6.45) is 1.58. The molecule has 1 amide bonds. The number of amides is 1. The summed E-state index contributed by atoms with van der Waals surface area (Å²) in [5, 5.41) is 6.96. The first-order chi connectivity index (χ1) is 11.1. The zero-order chi connectivity index (χ0) is 16.8. The lowest BCUT2D eigenvalue weighted by Crippen LogP contribution is -2.28. The van der Waals surface area contributed by atoms with E-state index in [4.69, 9.17) is 16.6 Å². The van der Waals surface area contributed by atoms with Gasteiger partial charge in [0, 0.05) is 20.0 Å². The molecule has 0 saturated heterocycles. The lowest BCUT2D eigenvalue weighted by Gasteiger charge is -2.19. The Bertz CT molecular complexity index is 738. The Morgan fingerprint density at radius 3 is 2.57 bits per heavy atom. The predicted octanol–water partition coefficient (Wildman–Crippen LogP) is 3.87. The largest absolute Gasteiger partial charge is 0.462 e. The third-order valence-corrected chi connectivity index (χ3v) is 4.10. The van der Waals surface area contributed by atoms with Crippen molar-refractivity contribution >= 4 is 40.5 Å². The Balaban J connectivity index is 2.30. The first-order valence-corrected chi connectivity index (χ1v) is 8.26. The van der Waals surface area contributed by atoms with Crippen molar-refractivity contribution in [3.63, 3.8) is 0 Å². The van der Waals surface area contributed by atoms with Gasteiger partial charge in [0.05, 0.1) is 27.5 Å². The van der Waals surface area contributed by atoms with Crippen LogP contribution in [0.5, 0.6) is 0 Å². The molecule has 0 atom stereocenters. The van der Waals surface area contributed by atoms with E-state index in [1.165, 1.54) is 6.92 Å². The lowest BCUT2D eigenvalue weighted by molar-refractivity contribution is -0.114. The molecule has 0 spiro atoms. The molecule has 0 aliphatic carbocycles. The summed E-state index contributed by atoms with van der Waals surface area (Å²) in [6, 6.07) is 5.49. The first kappa shape index (κ1) is 17.4. The monoisotopic (exact) mass is 333 g/mol. The van der Waals surface area contributed by atoms with Gasteiger partial charge in [-0.1, -0.05) is 26.1 Å². The Labute approximate surface area is 141 Å². The maximum absolute atomic E-state index is 11.4. The highest BCUT2D eigenvalue weighted by molar-refractivity contribution is 7.71. The fourth-order valence-electron chi connectivity index (χ4n) is 2.52. The zero-order valence-electron chi connectivity index (χ0n) is 13.8. The van der Waals surface area contributed by atoms with E-state index in [0.29, 0.717) is 15.8 Å². The second-order valence-corrected chi connectivity index (χ2v) is 5.72. The van der Waals surface area contributed by atoms with Gasteiger partial charge in [-0.25, -0.2) is 0 Å². The molecule has 0 saturated carbocycles. The fraction of sp³-hybridized carbons (Fsp3) is 0.412. The van der Waals surface area contributed by atoms with Crippen molar-refractivity contribution in [3.05, 3.63) is 29.0 Å². The van der Waals surface area contributed by atoms with Crippen LogP contribution in [0.1, 0.15) is 20.8 Å². The third kappa shape index (κ3) is 4.30. The lowest BCUT2D eigenvalue weighted by atomic mass is 10.1. The molecule has 2 aromatic rings. The molecular weight excluding hydrogens is 310 g/mol. The molecule has 1 heterocycles. The highest BCUT2D eigenvalue weighted by Gasteiger charge is 2.11. The van der Waals surface area contributed by atoms with E-state index in [9.17, 15) is 4.79 Å². The average Bonchev–Trinajstić information content (AvgIpc) is 2.53. The van der Waals surface area contributed by atoms with Crippen LogP contribution in [0.15, 0.2) is 28.9 Å². The minimum Gasteiger partial charge on any atom is -0.462 e. The van der Waals surface area contributed by atoms with E-state index >= 15 is 0 Å². The molecule has 5 nitrogen and oxygen atoms in total. The SMILES string of the molecule is CCN(CC)CCNc1ccc(NC(C)=O)c2c(=S)ccoc12. The quantitative estimate of drug-likeness (QED) is 0.753. The Hall–Kier alpha value is -1.92. The summed E-state index contributed by atoms with van der Waals surface area (Å²) in [7, 11) is 0. The summed E-state index contributed by atoms with van der Waals surface area (Å²) in [4.78, 5) is 13.7. The molecule has 0 radical (unpaired) electrons. The highest BCUT2D eigenvalue weighted by atomic mass is 32.1. The number of benzene rings is 1. The van der Waals surface area contributed by atoms with Crippen LogP contribution in [0.4, 0.5) is 11.4 Å². The molecule has 124 valence electrons. The Kier molecular flexibility index (Phi) is 6.12. The van der Waals surface area contributed by atoms with Gasteiger partial charge in [0.15, 0.2) is 5.58 Å². The first-order valence-electron chi connectivity index (χ1n) is 7.85. The number of nitrogens with zero attached hydrogens (tertiary/aromatic N) is 1. The van der Waals surface area contributed by atoms with Gasteiger partial charge in [-0.3, -0.25) is 4.79 Å². The van der Waals surface area contributed by atoms with Crippen LogP contribution >= 0.6 is 12.2 Å². The highest BCUT2D eigenvalue weighted by Crippen LogP contribution is 2.31.